The second kappa shape index (κ2) is 6.00. The lowest BCUT2D eigenvalue weighted by Gasteiger charge is -2.26. The number of hydrogen-bond acceptors (Lipinski definition) is 7. The lowest BCUT2D eigenvalue weighted by atomic mass is 10.2. The molecule has 3 heterocycles. The summed E-state index contributed by atoms with van der Waals surface area (Å²) in [4.78, 5) is 14.2. The summed E-state index contributed by atoms with van der Waals surface area (Å²) in [5.74, 6) is 1.26. The van der Waals surface area contributed by atoms with Gasteiger partial charge in [0.1, 0.15) is 13.2 Å². The molecule has 9 heteroatoms. The maximum absolute atomic E-state index is 12.5. The monoisotopic (exact) mass is 331 g/mol. The maximum atomic E-state index is 12.5. The SMILES string of the molecule is Nc1c(C(=O)N2CCOCC2)nnn1-c1ccc2c(c1)OCCO2. The zero-order valence-electron chi connectivity index (χ0n) is 13.0. The van der Waals surface area contributed by atoms with Gasteiger partial charge in [-0.2, -0.15) is 4.68 Å². The van der Waals surface area contributed by atoms with Crippen molar-refractivity contribution in [3.63, 3.8) is 0 Å². The fourth-order valence-electron chi connectivity index (χ4n) is 2.71. The molecule has 0 radical (unpaired) electrons. The van der Waals surface area contributed by atoms with Crippen LogP contribution in [0.15, 0.2) is 18.2 Å². The third kappa shape index (κ3) is 2.52. The standard InChI is InChI=1S/C15H17N5O4/c16-14-13(15(21)19-3-5-22-6-4-19)17-18-20(14)10-1-2-11-12(9-10)24-8-7-23-11/h1-2,9H,3-8,16H2. The molecule has 2 aliphatic rings. The Morgan fingerprint density at radius 1 is 1.08 bits per heavy atom. The largest absolute Gasteiger partial charge is 0.486 e. The molecule has 1 amide bonds. The predicted molar refractivity (Wildman–Crippen MR) is 83.5 cm³/mol. The first-order chi connectivity index (χ1) is 11.7. The van der Waals surface area contributed by atoms with E-state index in [9.17, 15) is 4.79 Å². The second-order valence-electron chi connectivity index (χ2n) is 5.47. The number of anilines is 1. The maximum Gasteiger partial charge on any atom is 0.278 e. The van der Waals surface area contributed by atoms with Gasteiger partial charge >= 0.3 is 0 Å². The van der Waals surface area contributed by atoms with Crippen LogP contribution in [0.4, 0.5) is 5.82 Å². The molecule has 1 fully saturated rings. The van der Waals surface area contributed by atoms with Crippen LogP contribution in [-0.4, -0.2) is 65.3 Å². The van der Waals surface area contributed by atoms with Crippen molar-refractivity contribution in [1.29, 1.82) is 0 Å². The summed E-state index contributed by atoms with van der Waals surface area (Å²) in [6, 6.07) is 5.35. The quantitative estimate of drug-likeness (QED) is 0.831. The smallest absolute Gasteiger partial charge is 0.278 e. The van der Waals surface area contributed by atoms with Crippen LogP contribution in [0.5, 0.6) is 11.5 Å². The molecule has 0 aliphatic carbocycles. The van der Waals surface area contributed by atoms with Crippen molar-refractivity contribution in [2.45, 2.75) is 0 Å². The highest BCUT2D eigenvalue weighted by molar-refractivity contribution is 5.96. The Labute approximate surface area is 137 Å². The molecular formula is C15H17N5O4. The van der Waals surface area contributed by atoms with E-state index < -0.39 is 0 Å². The van der Waals surface area contributed by atoms with E-state index in [4.69, 9.17) is 19.9 Å². The van der Waals surface area contributed by atoms with E-state index in [0.717, 1.165) is 0 Å². The van der Waals surface area contributed by atoms with Crippen LogP contribution < -0.4 is 15.2 Å². The molecule has 24 heavy (non-hydrogen) atoms. The number of carbonyl (C=O) groups excluding carboxylic acids is 1. The molecule has 2 aromatic rings. The summed E-state index contributed by atoms with van der Waals surface area (Å²) in [6.07, 6.45) is 0. The number of nitrogen functional groups attached to an aromatic ring is 1. The van der Waals surface area contributed by atoms with Gasteiger partial charge in [-0.1, -0.05) is 5.21 Å². The van der Waals surface area contributed by atoms with Gasteiger partial charge in [-0.05, 0) is 12.1 Å². The molecular weight excluding hydrogens is 314 g/mol. The van der Waals surface area contributed by atoms with Crippen molar-refractivity contribution in [2.24, 2.45) is 0 Å². The lowest BCUT2D eigenvalue weighted by Crippen LogP contribution is -2.41. The van der Waals surface area contributed by atoms with Crippen LogP contribution in [0.25, 0.3) is 5.69 Å². The normalized spacial score (nSPS) is 16.9. The van der Waals surface area contributed by atoms with E-state index in [2.05, 4.69) is 10.3 Å². The lowest BCUT2D eigenvalue weighted by molar-refractivity contribution is 0.0299. The first kappa shape index (κ1) is 14.8. The second-order valence-corrected chi connectivity index (χ2v) is 5.47. The molecule has 2 aliphatic heterocycles. The van der Waals surface area contributed by atoms with Crippen molar-refractivity contribution in [1.82, 2.24) is 19.9 Å². The van der Waals surface area contributed by atoms with Gasteiger partial charge < -0.3 is 24.8 Å². The molecule has 4 rings (SSSR count). The van der Waals surface area contributed by atoms with Crippen LogP contribution >= 0.6 is 0 Å². The Hall–Kier alpha value is -2.81. The van der Waals surface area contributed by atoms with Crippen LogP contribution in [0.1, 0.15) is 10.5 Å². The number of carbonyl (C=O) groups is 1. The predicted octanol–water partition coefficient (Wildman–Crippen LogP) is 0.0931. The molecule has 1 aromatic carbocycles. The summed E-state index contributed by atoms with van der Waals surface area (Å²) >= 11 is 0. The average Bonchev–Trinajstić information content (AvgIpc) is 3.03. The molecule has 0 saturated carbocycles. The van der Waals surface area contributed by atoms with Crippen molar-refractivity contribution >= 4 is 11.7 Å². The number of aromatic nitrogens is 3. The summed E-state index contributed by atoms with van der Waals surface area (Å²) in [6.45, 7) is 3.09. The van der Waals surface area contributed by atoms with Crippen molar-refractivity contribution in [3.8, 4) is 17.2 Å². The van der Waals surface area contributed by atoms with Crippen LogP contribution in [-0.2, 0) is 4.74 Å². The summed E-state index contributed by atoms with van der Waals surface area (Å²) in [7, 11) is 0. The fraction of sp³-hybridized carbons (Fsp3) is 0.400. The third-order valence-corrected chi connectivity index (χ3v) is 3.98. The van der Waals surface area contributed by atoms with Gasteiger partial charge in [0.2, 0.25) is 0 Å². The summed E-state index contributed by atoms with van der Waals surface area (Å²) in [5.41, 5.74) is 6.91. The number of nitrogens with two attached hydrogens (primary N) is 1. The van der Waals surface area contributed by atoms with Crippen molar-refractivity contribution in [2.75, 3.05) is 45.3 Å². The molecule has 1 saturated heterocycles. The first-order valence-corrected chi connectivity index (χ1v) is 7.72. The minimum atomic E-state index is -0.236. The highest BCUT2D eigenvalue weighted by Crippen LogP contribution is 2.32. The Balaban J connectivity index is 1.63. The molecule has 0 bridgehead atoms. The summed E-state index contributed by atoms with van der Waals surface area (Å²) in [5, 5.41) is 7.98. The number of amides is 1. The number of ether oxygens (including phenoxy) is 3. The molecule has 0 unspecified atom stereocenters. The number of rotatable bonds is 2. The van der Waals surface area contributed by atoms with Gasteiger partial charge in [0.25, 0.3) is 5.91 Å². The molecule has 2 N–H and O–H groups in total. The Kier molecular flexibility index (Phi) is 3.69. The molecule has 126 valence electrons. The topological polar surface area (TPSA) is 105 Å². The minimum Gasteiger partial charge on any atom is -0.486 e. The third-order valence-electron chi connectivity index (χ3n) is 3.98. The number of morpholine rings is 1. The van der Waals surface area contributed by atoms with E-state index in [1.165, 1.54) is 4.68 Å². The Bertz CT molecular complexity index is 769. The van der Waals surface area contributed by atoms with Gasteiger partial charge in [-0.15, -0.1) is 5.10 Å². The number of hydrogen-bond donors (Lipinski definition) is 1. The molecule has 0 spiro atoms. The van der Waals surface area contributed by atoms with E-state index in [1.807, 2.05) is 0 Å². The first-order valence-electron chi connectivity index (χ1n) is 7.72. The van der Waals surface area contributed by atoms with E-state index in [1.54, 1.807) is 23.1 Å². The zero-order chi connectivity index (χ0) is 16.5. The fourth-order valence-corrected chi connectivity index (χ4v) is 2.71. The van der Waals surface area contributed by atoms with Crippen LogP contribution in [0.3, 0.4) is 0 Å². The van der Waals surface area contributed by atoms with E-state index in [0.29, 0.717) is 56.7 Å². The molecule has 1 aromatic heterocycles. The van der Waals surface area contributed by atoms with Gasteiger partial charge in [0.05, 0.1) is 18.9 Å². The van der Waals surface area contributed by atoms with Crippen LogP contribution in [0, 0.1) is 0 Å². The Morgan fingerprint density at radius 3 is 2.62 bits per heavy atom. The zero-order valence-corrected chi connectivity index (χ0v) is 13.0. The van der Waals surface area contributed by atoms with Gasteiger partial charge in [0.15, 0.2) is 23.0 Å². The number of fused-ring (bicyclic) bond motifs is 1. The van der Waals surface area contributed by atoms with Gasteiger partial charge in [-0.3, -0.25) is 4.79 Å². The van der Waals surface area contributed by atoms with Crippen molar-refractivity contribution < 1.29 is 19.0 Å². The molecule has 9 nitrogen and oxygen atoms in total. The number of nitrogens with zero attached hydrogens (tertiary/aromatic N) is 4. The highest BCUT2D eigenvalue weighted by Gasteiger charge is 2.25. The average molecular weight is 331 g/mol. The number of benzene rings is 1. The minimum absolute atomic E-state index is 0.145. The van der Waals surface area contributed by atoms with Gasteiger partial charge in [-0.25, -0.2) is 0 Å². The molecule has 0 atom stereocenters. The Morgan fingerprint density at radius 2 is 1.83 bits per heavy atom. The highest BCUT2D eigenvalue weighted by atomic mass is 16.6. The van der Waals surface area contributed by atoms with Crippen LogP contribution in [0.2, 0.25) is 0 Å². The van der Waals surface area contributed by atoms with Crippen molar-refractivity contribution in [3.05, 3.63) is 23.9 Å². The van der Waals surface area contributed by atoms with Gasteiger partial charge in [0, 0.05) is 19.2 Å². The van der Waals surface area contributed by atoms with E-state index >= 15 is 0 Å². The summed E-state index contributed by atoms with van der Waals surface area (Å²) < 4.78 is 17.7. The van der Waals surface area contributed by atoms with E-state index in [-0.39, 0.29) is 17.4 Å².